The van der Waals surface area contributed by atoms with E-state index in [4.69, 9.17) is 5.73 Å². The molecule has 1 aromatic carbocycles. The highest BCUT2D eigenvalue weighted by molar-refractivity contribution is 5.92. The highest BCUT2D eigenvalue weighted by Crippen LogP contribution is 2.28. The molecule has 0 aromatic heterocycles. The minimum Gasteiger partial charge on any atom is -0.326 e. The van der Waals surface area contributed by atoms with Crippen LogP contribution in [0.3, 0.4) is 0 Å². The van der Waals surface area contributed by atoms with E-state index in [9.17, 15) is 4.79 Å². The Kier molecular flexibility index (Phi) is 4.37. The summed E-state index contributed by atoms with van der Waals surface area (Å²) in [6.45, 7) is 0.542. The van der Waals surface area contributed by atoms with Gasteiger partial charge in [0.15, 0.2) is 0 Å². The predicted molar refractivity (Wildman–Crippen MR) is 74.3 cm³/mol. The van der Waals surface area contributed by atoms with Gasteiger partial charge in [-0.3, -0.25) is 4.79 Å². The smallest absolute Gasteiger partial charge is 0.226 e. The first-order valence-corrected chi connectivity index (χ1v) is 6.76. The largest absolute Gasteiger partial charge is 0.326 e. The molecule has 3 heteroatoms. The van der Waals surface area contributed by atoms with Gasteiger partial charge in [-0.2, -0.15) is 0 Å². The number of nitrogens with zero attached hydrogens (tertiary/aromatic N) is 1. The first-order chi connectivity index (χ1) is 8.70. The van der Waals surface area contributed by atoms with E-state index in [0.717, 1.165) is 11.3 Å². The summed E-state index contributed by atoms with van der Waals surface area (Å²) in [7, 11) is 1.86. The van der Waals surface area contributed by atoms with Gasteiger partial charge in [0.2, 0.25) is 5.91 Å². The van der Waals surface area contributed by atoms with Crippen molar-refractivity contribution >= 4 is 11.6 Å². The van der Waals surface area contributed by atoms with Gasteiger partial charge in [0.05, 0.1) is 0 Å². The molecule has 0 bridgehead atoms. The SMILES string of the molecule is CN(C(=O)CC1CCCC1)c1ccc(CN)cc1. The van der Waals surface area contributed by atoms with E-state index in [1.165, 1.54) is 25.7 Å². The lowest BCUT2D eigenvalue weighted by atomic mass is 10.0. The Balaban J connectivity index is 1.95. The Morgan fingerprint density at radius 3 is 2.44 bits per heavy atom. The molecule has 1 aliphatic rings. The van der Waals surface area contributed by atoms with Gasteiger partial charge >= 0.3 is 0 Å². The fourth-order valence-corrected chi connectivity index (χ4v) is 2.60. The number of hydrogen-bond donors (Lipinski definition) is 1. The van der Waals surface area contributed by atoms with E-state index in [1.807, 2.05) is 31.3 Å². The van der Waals surface area contributed by atoms with Crippen molar-refractivity contribution in [3.63, 3.8) is 0 Å². The Hall–Kier alpha value is -1.35. The maximum atomic E-state index is 12.2. The van der Waals surface area contributed by atoms with Gasteiger partial charge in [0, 0.05) is 25.7 Å². The summed E-state index contributed by atoms with van der Waals surface area (Å²) in [5.74, 6) is 0.825. The summed E-state index contributed by atoms with van der Waals surface area (Å²) in [4.78, 5) is 13.9. The van der Waals surface area contributed by atoms with Gasteiger partial charge in [-0.25, -0.2) is 0 Å². The molecule has 1 aromatic rings. The summed E-state index contributed by atoms with van der Waals surface area (Å²) in [5.41, 5.74) is 7.61. The van der Waals surface area contributed by atoms with Gasteiger partial charge in [0.25, 0.3) is 0 Å². The number of rotatable bonds is 4. The van der Waals surface area contributed by atoms with Crippen molar-refractivity contribution in [2.75, 3.05) is 11.9 Å². The lowest BCUT2D eigenvalue weighted by Crippen LogP contribution is -2.27. The van der Waals surface area contributed by atoms with Gasteiger partial charge in [-0.1, -0.05) is 25.0 Å². The molecule has 0 aliphatic heterocycles. The van der Waals surface area contributed by atoms with Crippen LogP contribution in [0.4, 0.5) is 5.69 Å². The quantitative estimate of drug-likeness (QED) is 0.887. The highest BCUT2D eigenvalue weighted by atomic mass is 16.2. The number of carbonyl (C=O) groups excluding carboxylic acids is 1. The number of nitrogens with two attached hydrogens (primary N) is 1. The van der Waals surface area contributed by atoms with E-state index >= 15 is 0 Å². The normalized spacial score (nSPS) is 15.9. The Bertz CT molecular complexity index is 393. The van der Waals surface area contributed by atoms with Gasteiger partial charge in [0.1, 0.15) is 0 Å². The van der Waals surface area contributed by atoms with Crippen molar-refractivity contribution in [2.45, 2.75) is 38.6 Å². The maximum Gasteiger partial charge on any atom is 0.226 e. The molecular weight excluding hydrogens is 224 g/mol. The van der Waals surface area contributed by atoms with Crippen LogP contribution < -0.4 is 10.6 Å². The molecule has 18 heavy (non-hydrogen) atoms. The van der Waals surface area contributed by atoms with Crippen molar-refractivity contribution in [1.82, 2.24) is 0 Å². The number of amides is 1. The summed E-state index contributed by atoms with van der Waals surface area (Å²) in [6, 6.07) is 7.90. The third kappa shape index (κ3) is 3.10. The van der Waals surface area contributed by atoms with Gasteiger partial charge < -0.3 is 10.6 Å². The molecule has 0 saturated heterocycles. The molecule has 1 amide bonds. The molecule has 1 fully saturated rings. The first kappa shape index (κ1) is 13.1. The summed E-state index contributed by atoms with van der Waals surface area (Å²) in [6.07, 6.45) is 5.69. The second-order valence-electron chi connectivity index (χ2n) is 5.18. The third-order valence-electron chi connectivity index (χ3n) is 3.87. The van der Waals surface area contributed by atoms with Crippen LogP contribution in [0, 0.1) is 5.92 Å². The Morgan fingerprint density at radius 2 is 1.89 bits per heavy atom. The van der Waals surface area contributed by atoms with Crippen LogP contribution in [-0.2, 0) is 11.3 Å². The van der Waals surface area contributed by atoms with Crippen molar-refractivity contribution in [2.24, 2.45) is 11.7 Å². The van der Waals surface area contributed by atoms with Crippen LogP contribution in [0.1, 0.15) is 37.7 Å². The van der Waals surface area contributed by atoms with Crippen molar-refractivity contribution in [3.8, 4) is 0 Å². The molecule has 0 unspecified atom stereocenters. The first-order valence-electron chi connectivity index (χ1n) is 6.76. The monoisotopic (exact) mass is 246 g/mol. The maximum absolute atomic E-state index is 12.2. The molecule has 0 radical (unpaired) electrons. The van der Waals surface area contributed by atoms with Crippen molar-refractivity contribution in [1.29, 1.82) is 0 Å². The average Bonchev–Trinajstić information content (AvgIpc) is 2.91. The number of carbonyl (C=O) groups is 1. The van der Waals surface area contributed by atoms with Crippen LogP contribution in [-0.4, -0.2) is 13.0 Å². The lowest BCUT2D eigenvalue weighted by molar-refractivity contribution is -0.119. The Morgan fingerprint density at radius 1 is 1.28 bits per heavy atom. The molecule has 2 N–H and O–H groups in total. The van der Waals surface area contributed by atoms with E-state index in [0.29, 0.717) is 18.9 Å². The van der Waals surface area contributed by atoms with Crippen LogP contribution in [0.2, 0.25) is 0 Å². The predicted octanol–water partition coefficient (Wildman–Crippen LogP) is 2.69. The molecular formula is C15H22N2O. The van der Waals surface area contributed by atoms with Crippen molar-refractivity contribution < 1.29 is 4.79 Å². The number of hydrogen-bond acceptors (Lipinski definition) is 2. The van der Waals surface area contributed by atoms with E-state index in [1.54, 1.807) is 4.90 Å². The van der Waals surface area contributed by atoms with Gasteiger partial charge in [-0.05, 0) is 36.5 Å². The standard InChI is InChI=1S/C15H22N2O/c1-17(14-8-6-13(11-16)7-9-14)15(18)10-12-4-2-3-5-12/h6-9,12H,2-5,10-11,16H2,1H3. The average molecular weight is 246 g/mol. The van der Waals surface area contributed by atoms with Crippen LogP contribution in [0.25, 0.3) is 0 Å². The number of anilines is 1. The zero-order chi connectivity index (χ0) is 13.0. The van der Waals surface area contributed by atoms with E-state index in [-0.39, 0.29) is 5.91 Å². The fourth-order valence-electron chi connectivity index (χ4n) is 2.60. The van der Waals surface area contributed by atoms with Gasteiger partial charge in [-0.15, -0.1) is 0 Å². The van der Waals surface area contributed by atoms with E-state index in [2.05, 4.69) is 0 Å². The van der Waals surface area contributed by atoms with Crippen LogP contribution in [0.5, 0.6) is 0 Å². The summed E-state index contributed by atoms with van der Waals surface area (Å²) in [5, 5.41) is 0. The Labute approximate surface area is 109 Å². The second kappa shape index (κ2) is 6.01. The number of benzene rings is 1. The summed E-state index contributed by atoms with van der Waals surface area (Å²) >= 11 is 0. The zero-order valence-corrected chi connectivity index (χ0v) is 11.1. The molecule has 2 rings (SSSR count). The second-order valence-corrected chi connectivity index (χ2v) is 5.18. The fraction of sp³-hybridized carbons (Fsp3) is 0.533. The molecule has 98 valence electrons. The summed E-state index contributed by atoms with van der Waals surface area (Å²) < 4.78 is 0. The molecule has 1 aliphatic carbocycles. The molecule has 1 saturated carbocycles. The molecule has 3 nitrogen and oxygen atoms in total. The topological polar surface area (TPSA) is 46.3 Å². The minimum absolute atomic E-state index is 0.224. The van der Waals surface area contributed by atoms with Crippen LogP contribution >= 0.6 is 0 Å². The van der Waals surface area contributed by atoms with E-state index < -0.39 is 0 Å². The van der Waals surface area contributed by atoms with Crippen LogP contribution in [0.15, 0.2) is 24.3 Å². The lowest BCUT2D eigenvalue weighted by Gasteiger charge is -2.19. The minimum atomic E-state index is 0.224. The zero-order valence-electron chi connectivity index (χ0n) is 11.1. The van der Waals surface area contributed by atoms with Crippen molar-refractivity contribution in [3.05, 3.63) is 29.8 Å². The third-order valence-corrected chi connectivity index (χ3v) is 3.87. The highest BCUT2D eigenvalue weighted by Gasteiger charge is 2.20. The molecule has 0 atom stereocenters. The molecule has 0 spiro atoms. The molecule has 0 heterocycles.